The third-order valence-corrected chi connectivity index (χ3v) is 8.11. The van der Waals surface area contributed by atoms with E-state index in [0.717, 1.165) is 5.56 Å². The van der Waals surface area contributed by atoms with Gasteiger partial charge in [0.1, 0.15) is 6.08 Å². The molecule has 0 saturated carbocycles. The Bertz CT molecular complexity index is 1320. The van der Waals surface area contributed by atoms with Crippen LogP contribution in [-0.2, 0) is 30.7 Å². The highest BCUT2D eigenvalue weighted by molar-refractivity contribution is 7.89. The SMILES string of the molecule is [2H][C@]12OCC[C@@]1([2H])[C@@]([2H])(OC(=O)N[C@@H](Cc1ccccc1)[C@H](O)CN(CC(C)C)S(=O)(=O)c1ccc(N)cc1)CO2. The Labute approximate surface area is 228 Å². The monoisotopic (exact) mass is 550 g/mol. The molecule has 4 rings (SSSR count). The molecule has 2 aromatic rings. The minimum absolute atomic E-state index is 0.00211. The third-order valence-electron chi connectivity index (χ3n) is 6.26. The highest BCUT2D eigenvalue weighted by Gasteiger charge is 2.44. The summed E-state index contributed by atoms with van der Waals surface area (Å²) in [7, 11) is -4.03. The molecule has 0 aliphatic carbocycles. The van der Waals surface area contributed by atoms with Gasteiger partial charge in [-0.05, 0) is 48.6 Å². The topological polar surface area (TPSA) is 140 Å². The van der Waals surface area contributed by atoms with Gasteiger partial charge in [0.25, 0.3) is 0 Å². The van der Waals surface area contributed by atoms with Crippen molar-refractivity contribution < 1.29 is 36.6 Å². The van der Waals surface area contributed by atoms with Gasteiger partial charge in [-0.3, -0.25) is 0 Å². The summed E-state index contributed by atoms with van der Waals surface area (Å²) in [5, 5.41) is 13.9. The second kappa shape index (κ2) is 12.4. The Morgan fingerprint density at radius 1 is 1.18 bits per heavy atom. The summed E-state index contributed by atoms with van der Waals surface area (Å²) in [6.07, 6.45) is -6.79. The number of nitrogen functional groups attached to an aromatic ring is 1. The second-order valence-corrected chi connectivity index (χ2v) is 11.7. The van der Waals surface area contributed by atoms with Crippen LogP contribution in [0.5, 0.6) is 0 Å². The summed E-state index contributed by atoms with van der Waals surface area (Å²) >= 11 is 0. The van der Waals surface area contributed by atoms with Crippen molar-refractivity contribution in [3.05, 3.63) is 60.2 Å². The molecule has 2 heterocycles. The van der Waals surface area contributed by atoms with Crippen LogP contribution in [0, 0.1) is 11.8 Å². The van der Waals surface area contributed by atoms with Crippen molar-refractivity contribution in [1.82, 2.24) is 9.62 Å². The molecule has 0 bridgehead atoms. The molecule has 2 aliphatic heterocycles. The summed E-state index contributed by atoms with van der Waals surface area (Å²) in [5.74, 6) is -2.06. The number of sulfonamides is 1. The lowest BCUT2D eigenvalue weighted by Gasteiger charge is -2.31. The van der Waals surface area contributed by atoms with E-state index in [0.29, 0.717) is 5.69 Å². The normalized spacial score (nSPS) is 29.8. The van der Waals surface area contributed by atoms with Gasteiger partial charge in [0.2, 0.25) is 10.0 Å². The molecular weight excluding hydrogens is 510 g/mol. The number of benzene rings is 2. The Hall–Kier alpha value is -2.70. The first kappa shape index (κ1) is 24.3. The van der Waals surface area contributed by atoms with E-state index in [2.05, 4.69) is 5.32 Å². The van der Waals surface area contributed by atoms with Crippen LogP contribution in [0.4, 0.5) is 10.5 Å². The summed E-state index contributed by atoms with van der Waals surface area (Å²) in [5.41, 5.74) is 6.89. The van der Waals surface area contributed by atoms with Crippen LogP contribution in [0.3, 0.4) is 0 Å². The molecule has 2 aromatic carbocycles. The largest absolute Gasteiger partial charge is 0.443 e. The molecular formula is C27H37N3O7S. The maximum Gasteiger partial charge on any atom is 0.407 e. The molecule has 0 radical (unpaired) electrons. The number of carbonyl (C=O) groups is 1. The minimum atomic E-state index is -4.03. The summed E-state index contributed by atoms with van der Waals surface area (Å²) in [6.45, 7) is 2.92. The van der Waals surface area contributed by atoms with Crippen LogP contribution >= 0.6 is 0 Å². The summed E-state index contributed by atoms with van der Waals surface area (Å²) in [4.78, 5) is 13.1. The zero-order valence-corrected chi connectivity index (χ0v) is 22.3. The van der Waals surface area contributed by atoms with Crippen LogP contribution < -0.4 is 11.1 Å². The predicted molar refractivity (Wildman–Crippen MR) is 142 cm³/mol. The van der Waals surface area contributed by atoms with E-state index in [1.807, 2.05) is 19.9 Å². The molecule has 5 atom stereocenters. The highest BCUT2D eigenvalue weighted by Crippen LogP contribution is 2.33. The number of anilines is 1. The molecule has 11 heteroatoms. The lowest BCUT2D eigenvalue weighted by Crippen LogP contribution is -2.51. The minimum Gasteiger partial charge on any atom is -0.443 e. The number of nitrogens with zero attached hydrogens (tertiary/aromatic N) is 1. The average molecular weight is 551 g/mol. The first-order valence-corrected chi connectivity index (χ1v) is 14.0. The molecule has 0 aromatic heterocycles. The van der Waals surface area contributed by atoms with Crippen LogP contribution in [0.25, 0.3) is 0 Å². The van der Waals surface area contributed by atoms with Crippen molar-refractivity contribution in [1.29, 1.82) is 0 Å². The summed E-state index contributed by atoms with van der Waals surface area (Å²) in [6, 6.07) is 13.7. The van der Waals surface area contributed by atoms with Gasteiger partial charge < -0.3 is 30.4 Å². The fraction of sp³-hybridized carbons (Fsp3) is 0.519. The second-order valence-electron chi connectivity index (χ2n) is 9.76. The number of amides is 1. The van der Waals surface area contributed by atoms with Crippen LogP contribution in [-0.4, -0.2) is 74.7 Å². The average Bonchev–Trinajstić information content (AvgIpc) is 3.31. The number of aliphatic hydroxyl groups excluding tert-OH is 1. The van der Waals surface area contributed by atoms with Crippen LogP contribution in [0.15, 0.2) is 59.5 Å². The quantitative estimate of drug-likeness (QED) is 0.362. The number of alkyl carbamates (subject to hydrolysis) is 1. The molecule has 0 spiro atoms. The van der Waals surface area contributed by atoms with E-state index in [9.17, 15) is 18.3 Å². The van der Waals surface area contributed by atoms with Crippen molar-refractivity contribution in [2.45, 2.75) is 56.1 Å². The van der Waals surface area contributed by atoms with Gasteiger partial charge in [0, 0.05) is 20.1 Å². The van der Waals surface area contributed by atoms with E-state index < -0.39 is 53.1 Å². The molecule has 0 unspecified atom stereocenters. The molecule has 10 nitrogen and oxygen atoms in total. The Morgan fingerprint density at radius 3 is 2.58 bits per heavy atom. The van der Waals surface area contributed by atoms with Gasteiger partial charge in [-0.25, -0.2) is 13.2 Å². The molecule has 2 aliphatic rings. The van der Waals surface area contributed by atoms with Crippen molar-refractivity contribution in [3.63, 3.8) is 0 Å². The summed E-state index contributed by atoms with van der Waals surface area (Å²) < 4.78 is 69.6. The Balaban J connectivity index is 1.56. The fourth-order valence-electron chi connectivity index (χ4n) is 4.37. The number of hydrogen-bond acceptors (Lipinski definition) is 8. The third kappa shape index (κ3) is 7.03. The number of rotatable bonds is 11. The van der Waals surface area contributed by atoms with Crippen molar-refractivity contribution in [2.75, 3.05) is 32.0 Å². The van der Waals surface area contributed by atoms with E-state index in [1.54, 1.807) is 24.3 Å². The molecule has 1 amide bonds. The predicted octanol–water partition coefficient (Wildman–Crippen LogP) is 2.38. The van der Waals surface area contributed by atoms with Gasteiger partial charge >= 0.3 is 6.09 Å². The van der Waals surface area contributed by atoms with E-state index in [1.165, 1.54) is 28.6 Å². The number of aliphatic hydroxyl groups is 1. The molecule has 2 fully saturated rings. The van der Waals surface area contributed by atoms with Gasteiger partial charge in [-0.2, -0.15) is 4.31 Å². The maximum atomic E-state index is 13.5. The van der Waals surface area contributed by atoms with Crippen molar-refractivity contribution in [2.24, 2.45) is 11.8 Å². The lowest BCUT2D eigenvalue weighted by atomic mass is 10.0. The van der Waals surface area contributed by atoms with E-state index in [4.69, 9.17) is 24.1 Å². The first-order valence-electron chi connectivity index (χ1n) is 14.0. The number of nitrogens with two attached hydrogens (primary N) is 1. The van der Waals surface area contributed by atoms with Crippen molar-refractivity contribution in [3.8, 4) is 0 Å². The number of hydrogen-bond donors (Lipinski definition) is 3. The Morgan fingerprint density at radius 2 is 1.89 bits per heavy atom. The number of carbonyl (C=O) groups excluding carboxylic acids is 1. The van der Waals surface area contributed by atoms with Crippen LogP contribution in [0.1, 0.15) is 29.9 Å². The molecule has 38 heavy (non-hydrogen) atoms. The number of fused-ring (bicyclic) bond motifs is 1. The lowest BCUT2D eigenvalue weighted by molar-refractivity contribution is -0.0907. The Kier molecular flexibility index (Phi) is 7.97. The standard InChI is InChI=1S/C27H37N3O7S/c1-18(2)15-30(38(33,34)21-10-8-20(28)9-11-21)16-24(31)23(14-19-6-4-3-5-7-19)29-27(32)37-25-17-36-26-22(25)12-13-35-26/h3-11,18,22-26,31H,12-17,28H2,1-2H3,(H,29,32)/t22-,23-,24+,25-,26+/m0/s1/i22D,25D,26D. The van der Waals surface area contributed by atoms with Gasteiger partial charge in [0.15, 0.2) is 6.27 Å². The van der Waals surface area contributed by atoms with Gasteiger partial charge in [-0.15, -0.1) is 0 Å². The number of nitrogens with one attached hydrogen (secondary N) is 1. The van der Waals surface area contributed by atoms with E-state index >= 15 is 0 Å². The molecule has 2 saturated heterocycles. The first-order chi connectivity index (χ1) is 19.2. The van der Waals surface area contributed by atoms with Crippen molar-refractivity contribution >= 4 is 21.8 Å². The molecule has 4 N–H and O–H groups in total. The van der Waals surface area contributed by atoms with Crippen LogP contribution in [0.2, 0.25) is 0 Å². The van der Waals surface area contributed by atoms with Gasteiger partial charge in [-0.1, -0.05) is 44.2 Å². The smallest absolute Gasteiger partial charge is 0.407 e. The van der Waals surface area contributed by atoms with Gasteiger partial charge in [0.05, 0.1) is 38.9 Å². The maximum absolute atomic E-state index is 13.5. The number of ether oxygens (including phenoxy) is 3. The van der Waals surface area contributed by atoms with E-state index in [-0.39, 0.29) is 43.4 Å². The highest BCUT2D eigenvalue weighted by atomic mass is 32.2. The molecule has 208 valence electrons. The fourth-order valence-corrected chi connectivity index (χ4v) is 5.99. The zero-order chi connectivity index (χ0) is 30.1. The zero-order valence-electron chi connectivity index (χ0n) is 24.5.